The van der Waals surface area contributed by atoms with Crippen molar-refractivity contribution in [3.63, 3.8) is 0 Å². The van der Waals surface area contributed by atoms with Crippen molar-refractivity contribution in [2.75, 3.05) is 13.2 Å². The van der Waals surface area contributed by atoms with Crippen LogP contribution in [-0.2, 0) is 6.54 Å². The van der Waals surface area contributed by atoms with E-state index in [1.807, 2.05) is 31.6 Å². The number of nitrogens with one attached hydrogen (secondary N) is 1. The predicted molar refractivity (Wildman–Crippen MR) is 65.8 cm³/mol. The summed E-state index contributed by atoms with van der Waals surface area (Å²) in [5.74, 6) is 0. The summed E-state index contributed by atoms with van der Waals surface area (Å²) >= 11 is 5.93. The number of likely N-dealkylation sites (N-methyl/N-ethyl adjacent to an activating group) is 1. The van der Waals surface area contributed by atoms with Gasteiger partial charge in [0.25, 0.3) is 0 Å². The molecular formula is C11H20ClN3O. The van der Waals surface area contributed by atoms with Crippen LogP contribution in [0.4, 0.5) is 0 Å². The van der Waals surface area contributed by atoms with Gasteiger partial charge in [-0.2, -0.15) is 5.10 Å². The highest BCUT2D eigenvalue weighted by atomic mass is 35.5. The van der Waals surface area contributed by atoms with Gasteiger partial charge in [-0.3, -0.25) is 4.68 Å². The molecule has 4 nitrogen and oxygen atoms in total. The lowest BCUT2D eigenvalue weighted by Gasteiger charge is -2.28. The maximum absolute atomic E-state index is 9.34. The third-order valence-electron chi connectivity index (χ3n) is 2.73. The Morgan fingerprint density at radius 3 is 2.75 bits per heavy atom. The molecule has 0 aliphatic heterocycles. The van der Waals surface area contributed by atoms with Gasteiger partial charge in [-0.25, -0.2) is 0 Å². The van der Waals surface area contributed by atoms with Gasteiger partial charge < -0.3 is 10.4 Å². The molecule has 0 bridgehead atoms. The SMILES string of the molecule is CCNC(C)(CO)CCn1cc(Cl)c(C)n1. The Labute approximate surface area is 102 Å². The number of hydrogen-bond donors (Lipinski definition) is 2. The van der Waals surface area contributed by atoms with Crippen LogP contribution in [0.15, 0.2) is 6.20 Å². The van der Waals surface area contributed by atoms with Crippen LogP contribution in [0.3, 0.4) is 0 Å². The van der Waals surface area contributed by atoms with Crippen LogP contribution in [0.5, 0.6) is 0 Å². The predicted octanol–water partition coefficient (Wildman–Crippen LogP) is 1.60. The van der Waals surface area contributed by atoms with E-state index >= 15 is 0 Å². The zero-order valence-corrected chi connectivity index (χ0v) is 10.9. The Balaban J connectivity index is 2.55. The molecule has 0 aliphatic rings. The Kier molecular flexibility index (Phi) is 4.77. The van der Waals surface area contributed by atoms with E-state index in [1.165, 1.54) is 0 Å². The fourth-order valence-corrected chi connectivity index (χ4v) is 1.77. The largest absolute Gasteiger partial charge is 0.394 e. The lowest BCUT2D eigenvalue weighted by Crippen LogP contribution is -2.46. The number of aliphatic hydroxyl groups excluding tert-OH is 1. The quantitative estimate of drug-likeness (QED) is 0.801. The second-order valence-corrected chi connectivity index (χ2v) is 4.73. The maximum atomic E-state index is 9.34. The molecule has 1 rings (SSSR count). The van der Waals surface area contributed by atoms with Gasteiger partial charge >= 0.3 is 0 Å². The first kappa shape index (κ1) is 13.5. The van der Waals surface area contributed by atoms with E-state index in [2.05, 4.69) is 10.4 Å². The second kappa shape index (κ2) is 5.66. The Hall–Kier alpha value is -0.580. The monoisotopic (exact) mass is 245 g/mol. The molecule has 0 spiro atoms. The zero-order chi connectivity index (χ0) is 12.2. The molecule has 1 aromatic rings. The van der Waals surface area contributed by atoms with E-state index in [1.54, 1.807) is 0 Å². The van der Waals surface area contributed by atoms with Gasteiger partial charge in [0.15, 0.2) is 0 Å². The van der Waals surface area contributed by atoms with Gasteiger partial charge in [0.1, 0.15) is 0 Å². The molecule has 1 atom stereocenters. The van der Waals surface area contributed by atoms with Crippen LogP contribution >= 0.6 is 11.6 Å². The molecule has 0 saturated carbocycles. The van der Waals surface area contributed by atoms with Crippen LogP contribution in [0.25, 0.3) is 0 Å². The maximum Gasteiger partial charge on any atom is 0.0814 e. The summed E-state index contributed by atoms with van der Waals surface area (Å²) in [4.78, 5) is 0. The normalized spacial score (nSPS) is 15.1. The van der Waals surface area contributed by atoms with Crippen LogP contribution < -0.4 is 5.32 Å². The Morgan fingerprint density at radius 1 is 1.62 bits per heavy atom. The highest BCUT2D eigenvalue weighted by molar-refractivity contribution is 6.31. The van der Waals surface area contributed by atoms with Crippen LogP contribution in [0.2, 0.25) is 5.02 Å². The minimum Gasteiger partial charge on any atom is -0.394 e. The van der Waals surface area contributed by atoms with Gasteiger partial charge in [0.2, 0.25) is 0 Å². The molecule has 0 amide bonds. The standard InChI is InChI=1S/C11H20ClN3O/c1-4-13-11(3,8-16)5-6-15-7-10(12)9(2)14-15/h7,13,16H,4-6,8H2,1-3H3. The van der Waals surface area contributed by atoms with E-state index in [0.29, 0.717) is 5.02 Å². The van der Waals surface area contributed by atoms with Crippen LogP contribution in [0, 0.1) is 6.92 Å². The molecule has 0 aromatic carbocycles. The highest BCUT2D eigenvalue weighted by Crippen LogP contribution is 2.15. The van der Waals surface area contributed by atoms with Crippen molar-refractivity contribution in [2.24, 2.45) is 0 Å². The van der Waals surface area contributed by atoms with Crippen LogP contribution in [0.1, 0.15) is 26.0 Å². The van der Waals surface area contributed by atoms with Crippen molar-refractivity contribution in [2.45, 2.75) is 39.3 Å². The Morgan fingerprint density at radius 2 is 2.31 bits per heavy atom. The summed E-state index contributed by atoms with van der Waals surface area (Å²) in [6, 6.07) is 0. The summed E-state index contributed by atoms with van der Waals surface area (Å²) in [7, 11) is 0. The summed E-state index contributed by atoms with van der Waals surface area (Å²) in [5, 5.41) is 17.6. The molecule has 0 radical (unpaired) electrons. The third kappa shape index (κ3) is 3.47. The minimum absolute atomic E-state index is 0.120. The van der Waals surface area contributed by atoms with Crippen molar-refractivity contribution < 1.29 is 5.11 Å². The fraction of sp³-hybridized carbons (Fsp3) is 0.727. The second-order valence-electron chi connectivity index (χ2n) is 4.32. The topological polar surface area (TPSA) is 50.1 Å². The molecule has 1 aromatic heterocycles. The molecule has 92 valence electrons. The van der Waals surface area contributed by atoms with Crippen molar-refractivity contribution in [1.82, 2.24) is 15.1 Å². The third-order valence-corrected chi connectivity index (χ3v) is 3.10. The number of rotatable bonds is 6. The minimum atomic E-state index is -0.249. The van der Waals surface area contributed by atoms with Crippen LogP contribution in [-0.4, -0.2) is 33.6 Å². The molecule has 16 heavy (non-hydrogen) atoms. The number of halogens is 1. The van der Waals surface area contributed by atoms with E-state index in [4.69, 9.17) is 11.6 Å². The molecule has 1 unspecified atom stereocenters. The summed E-state index contributed by atoms with van der Waals surface area (Å²) in [6.07, 6.45) is 2.63. The molecule has 0 saturated heterocycles. The highest BCUT2D eigenvalue weighted by Gasteiger charge is 2.21. The molecule has 5 heteroatoms. The summed E-state index contributed by atoms with van der Waals surface area (Å²) in [6.45, 7) is 7.63. The van der Waals surface area contributed by atoms with Gasteiger partial charge in [-0.05, 0) is 26.8 Å². The van der Waals surface area contributed by atoms with Gasteiger partial charge in [-0.15, -0.1) is 0 Å². The lowest BCUT2D eigenvalue weighted by molar-refractivity contribution is 0.161. The first-order valence-electron chi connectivity index (χ1n) is 5.56. The lowest BCUT2D eigenvalue weighted by atomic mass is 9.99. The average Bonchev–Trinajstić information content (AvgIpc) is 2.56. The van der Waals surface area contributed by atoms with Gasteiger partial charge in [-0.1, -0.05) is 18.5 Å². The number of hydrogen-bond acceptors (Lipinski definition) is 3. The van der Waals surface area contributed by atoms with Gasteiger partial charge in [0.05, 0.1) is 17.3 Å². The zero-order valence-electron chi connectivity index (χ0n) is 10.1. The first-order valence-corrected chi connectivity index (χ1v) is 5.94. The summed E-state index contributed by atoms with van der Waals surface area (Å²) < 4.78 is 1.82. The van der Waals surface area contributed by atoms with E-state index in [-0.39, 0.29) is 12.1 Å². The molecule has 2 N–H and O–H groups in total. The number of aryl methyl sites for hydroxylation is 2. The number of aromatic nitrogens is 2. The number of nitrogens with zero attached hydrogens (tertiary/aromatic N) is 2. The van der Waals surface area contributed by atoms with E-state index in [0.717, 1.165) is 25.2 Å². The smallest absolute Gasteiger partial charge is 0.0814 e. The van der Waals surface area contributed by atoms with Crippen molar-refractivity contribution in [1.29, 1.82) is 0 Å². The van der Waals surface area contributed by atoms with E-state index in [9.17, 15) is 5.11 Å². The molecular weight excluding hydrogens is 226 g/mol. The van der Waals surface area contributed by atoms with E-state index < -0.39 is 0 Å². The Bertz CT molecular complexity index is 320. The number of aliphatic hydroxyl groups is 1. The summed E-state index contributed by atoms with van der Waals surface area (Å²) in [5.41, 5.74) is 0.594. The fourth-order valence-electron chi connectivity index (χ4n) is 1.62. The van der Waals surface area contributed by atoms with Crippen molar-refractivity contribution >= 4 is 11.6 Å². The molecule has 1 heterocycles. The molecule has 0 aliphatic carbocycles. The van der Waals surface area contributed by atoms with Crippen molar-refractivity contribution in [3.8, 4) is 0 Å². The first-order chi connectivity index (χ1) is 7.50. The average molecular weight is 246 g/mol. The van der Waals surface area contributed by atoms with Crippen molar-refractivity contribution in [3.05, 3.63) is 16.9 Å². The van der Waals surface area contributed by atoms with Gasteiger partial charge in [0, 0.05) is 18.3 Å². The molecule has 0 fully saturated rings.